The number of hydrogen-bond donors (Lipinski definition) is 1. The normalized spacial score (nSPS) is 10.5. The van der Waals surface area contributed by atoms with Gasteiger partial charge in [0.1, 0.15) is 18.0 Å². The summed E-state index contributed by atoms with van der Waals surface area (Å²) in [4.78, 5) is 24.8. The third kappa shape index (κ3) is 4.63. The molecule has 7 heteroatoms. The average molecular weight is 393 g/mol. The van der Waals surface area contributed by atoms with Crippen LogP contribution in [0.1, 0.15) is 11.1 Å². The van der Waals surface area contributed by atoms with Gasteiger partial charge in [-0.05, 0) is 43.7 Å². The first-order valence-corrected chi connectivity index (χ1v) is 9.09. The molecular weight excluding hydrogens is 370 g/mol. The highest BCUT2D eigenvalue weighted by Crippen LogP contribution is 2.29. The van der Waals surface area contributed by atoms with Crippen LogP contribution in [-0.4, -0.2) is 29.9 Å². The Bertz CT molecular complexity index is 1110. The maximum absolute atomic E-state index is 12.5. The number of benzene rings is 2. The molecule has 0 spiro atoms. The molecule has 0 bridgehead atoms. The summed E-state index contributed by atoms with van der Waals surface area (Å²) in [5, 5.41) is 7.14. The first-order chi connectivity index (χ1) is 13.9. The zero-order valence-electron chi connectivity index (χ0n) is 16.9. The van der Waals surface area contributed by atoms with E-state index in [9.17, 15) is 9.59 Å². The van der Waals surface area contributed by atoms with Crippen LogP contribution >= 0.6 is 0 Å². The summed E-state index contributed by atoms with van der Waals surface area (Å²) in [6.07, 6.45) is 0. The Morgan fingerprint density at radius 3 is 2.55 bits per heavy atom. The number of aromatic nitrogens is 2. The Kier molecular flexibility index (Phi) is 5.97. The van der Waals surface area contributed by atoms with Crippen molar-refractivity contribution in [1.82, 2.24) is 9.78 Å². The van der Waals surface area contributed by atoms with Crippen molar-refractivity contribution < 1.29 is 14.3 Å². The van der Waals surface area contributed by atoms with Crippen molar-refractivity contribution >= 4 is 11.6 Å². The Balaban J connectivity index is 1.84. The predicted molar refractivity (Wildman–Crippen MR) is 112 cm³/mol. The molecule has 1 aromatic heterocycles. The van der Waals surface area contributed by atoms with Gasteiger partial charge in [0.2, 0.25) is 5.91 Å². The number of nitrogens with one attached hydrogen (secondary N) is 1. The second kappa shape index (κ2) is 8.60. The zero-order chi connectivity index (χ0) is 21.0. The molecule has 0 fully saturated rings. The van der Waals surface area contributed by atoms with E-state index in [0.717, 1.165) is 21.4 Å². The summed E-state index contributed by atoms with van der Waals surface area (Å²) in [6, 6.07) is 14.2. The Hall–Kier alpha value is -3.61. The monoisotopic (exact) mass is 393 g/mol. The maximum Gasteiger partial charge on any atom is 0.267 e. The van der Waals surface area contributed by atoms with Gasteiger partial charge < -0.3 is 14.8 Å². The molecule has 29 heavy (non-hydrogen) atoms. The van der Waals surface area contributed by atoms with E-state index in [2.05, 4.69) is 10.4 Å². The van der Waals surface area contributed by atoms with Crippen LogP contribution in [-0.2, 0) is 11.3 Å². The Morgan fingerprint density at radius 2 is 1.83 bits per heavy atom. The molecule has 1 heterocycles. The fourth-order valence-corrected chi connectivity index (χ4v) is 2.95. The molecule has 0 unspecified atom stereocenters. The number of amides is 1. The molecule has 1 amide bonds. The van der Waals surface area contributed by atoms with Crippen LogP contribution in [0.2, 0.25) is 0 Å². The minimum absolute atomic E-state index is 0.216. The van der Waals surface area contributed by atoms with Crippen molar-refractivity contribution in [2.45, 2.75) is 20.4 Å². The molecule has 0 atom stereocenters. The predicted octanol–water partition coefficient (Wildman–Crippen LogP) is 3.18. The van der Waals surface area contributed by atoms with E-state index in [1.54, 1.807) is 31.4 Å². The number of rotatable bonds is 6. The van der Waals surface area contributed by atoms with Crippen molar-refractivity contribution in [3.63, 3.8) is 0 Å². The zero-order valence-corrected chi connectivity index (χ0v) is 16.9. The van der Waals surface area contributed by atoms with Gasteiger partial charge in [0.25, 0.3) is 5.56 Å². The fourth-order valence-electron chi connectivity index (χ4n) is 2.95. The van der Waals surface area contributed by atoms with E-state index < -0.39 is 0 Å². The number of anilines is 1. The molecule has 0 saturated heterocycles. The SMILES string of the molecule is COc1ccc(NC(=O)Cn2nc(-c3cc(C)ccc3C)ccc2=O)c(OC)c1. The summed E-state index contributed by atoms with van der Waals surface area (Å²) in [7, 11) is 3.05. The van der Waals surface area contributed by atoms with Gasteiger partial charge in [0, 0.05) is 17.7 Å². The van der Waals surface area contributed by atoms with Gasteiger partial charge in [0.15, 0.2) is 0 Å². The lowest BCUT2D eigenvalue weighted by molar-refractivity contribution is -0.117. The molecule has 2 aromatic carbocycles. The minimum atomic E-state index is -0.388. The lowest BCUT2D eigenvalue weighted by Crippen LogP contribution is -2.29. The van der Waals surface area contributed by atoms with E-state index in [1.807, 2.05) is 32.0 Å². The summed E-state index contributed by atoms with van der Waals surface area (Å²) in [5.41, 5.74) is 3.83. The van der Waals surface area contributed by atoms with E-state index in [1.165, 1.54) is 13.2 Å². The highest BCUT2D eigenvalue weighted by molar-refractivity contribution is 5.92. The minimum Gasteiger partial charge on any atom is -0.497 e. The van der Waals surface area contributed by atoms with Crippen LogP contribution in [0.25, 0.3) is 11.3 Å². The van der Waals surface area contributed by atoms with Crippen molar-refractivity contribution in [3.8, 4) is 22.8 Å². The molecule has 0 saturated carbocycles. The van der Waals surface area contributed by atoms with Gasteiger partial charge >= 0.3 is 0 Å². The number of carbonyl (C=O) groups is 1. The highest BCUT2D eigenvalue weighted by atomic mass is 16.5. The largest absolute Gasteiger partial charge is 0.497 e. The Labute approximate surface area is 168 Å². The lowest BCUT2D eigenvalue weighted by Gasteiger charge is -2.13. The van der Waals surface area contributed by atoms with Crippen molar-refractivity contribution in [1.29, 1.82) is 0 Å². The smallest absolute Gasteiger partial charge is 0.267 e. The van der Waals surface area contributed by atoms with Crippen LogP contribution in [0.15, 0.2) is 53.3 Å². The Morgan fingerprint density at radius 1 is 1.03 bits per heavy atom. The van der Waals surface area contributed by atoms with Gasteiger partial charge in [-0.25, -0.2) is 4.68 Å². The highest BCUT2D eigenvalue weighted by Gasteiger charge is 2.12. The molecular formula is C22H23N3O4. The number of carbonyl (C=O) groups excluding carboxylic acids is 1. The molecule has 3 rings (SSSR count). The number of aryl methyl sites for hydroxylation is 2. The number of methoxy groups -OCH3 is 2. The average Bonchev–Trinajstić information content (AvgIpc) is 2.71. The standard InChI is InChI=1S/C22H23N3O4/c1-14-5-6-15(2)17(11-14)18-9-10-22(27)25(24-18)13-21(26)23-19-8-7-16(28-3)12-20(19)29-4/h5-12H,13H2,1-4H3,(H,23,26). The van der Waals surface area contributed by atoms with Crippen LogP contribution in [0.3, 0.4) is 0 Å². The van der Waals surface area contributed by atoms with Crippen molar-refractivity contribution in [3.05, 3.63) is 70.0 Å². The van der Waals surface area contributed by atoms with Crippen LogP contribution in [0.4, 0.5) is 5.69 Å². The van der Waals surface area contributed by atoms with E-state index in [-0.39, 0.29) is 18.0 Å². The van der Waals surface area contributed by atoms with Gasteiger partial charge in [0.05, 0.1) is 25.6 Å². The summed E-state index contributed by atoms with van der Waals surface area (Å²) >= 11 is 0. The summed E-state index contributed by atoms with van der Waals surface area (Å²) in [6.45, 7) is 3.76. The molecule has 3 aromatic rings. The van der Waals surface area contributed by atoms with Gasteiger partial charge in [-0.2, -0.15) is 5.10 Å². The molecule has 0 aliphatic carbocycles. The number of nitrogens with zero attached hydrogens (tertiary/aromatic N) is 2. The third-order valence-corrected chi connectivity index (χ3v) is 4.51. The fraction of sp³-hybridized carbons (Fsp3) is 0.227. The van der Waals surface area contributed by atoms with Gasteiger partial charge in [-0.3, -0.25) is 9.59 Å². The quantitative estimate of drug-likeness (QED) is 0.696. The van der Waals surface area contributed by atoms with Crippen molar-refractivity contribution in [2.24, 2.45) is 0 Å². The molecule has 0 aliphatic rings. The number of hydrogen-bond acceptors (Lipinski definition) is 5. The second-order valence-electron chi connectivity index (χ2n) is 6.65. The van der Waals surface area contributed by atoms with Crippen LogP contribution in [0.5, 0.6) is 11.5 Å². The summed E-state index contributed by atoms with van der Waals surface area (Å²) < 4.78 is 11.6. The first-order valence-electron chi connectivity index (χ1n) is 9.09. The molecule has 0 radical (unpaired) electrons. The van der Waals surface area contributed by atoms with E-state index in [4.69, 9.17) is 9.47 Å². The molecule has 7 nitrogen and oxygen atoms in total. The van der Waals surface area contributed by atoms with Gasteiger partial charge in [-0.1, -0.05) is 17.7 Å². The first kappa shape index (κ1) is 20.1. The van der Waals surface area contributed by atoms with Gasteiger partial charge in [-0.15, -0.1) is 0 Å². The number of ether oxygens (including phenoxy) is 2. The lowest BCUT2D eigenvalue weighted by atomic mass is 10.0. The molecule has 0 aliphatic heterocycles. The second-order valence-corrected chi connectivity index (χ2v) is 6.65. The molecule has 1 N–H and O–H groups in total. The van der Waals surface area contributed by atoms with E-state index >= 15 is 0 Å². The van der Waals surface area contributed by atoms with E-state index in [0.29, 0.717) is 22.9 Å². The van der Waals surface area contributed by atoms with Crippen LogP contribution in [0, 0.1) is 13.8 Å². The topological polar surface area (TPSA) is 82.5 Å². The molecule has 150 valence electrons. The van der Waals surface area contributed by atoms with Crippen LogP contribution < -0.4 is 20.3 Å². The maximum atomic E-state index is 12.5. The third-order valence-electron chi connectivity index (χ3n) is 4.51. The van der Waals surface area contributed by atoms with Crippen molar-refractivity contribution in [2.75, 3.05) is 19.5 Å². The summed E-state index contributed by atoms with van der Waals surface area (Å²) in [5.74, 6) is 0.683.